The minimum Gasteiger partial charge on any atom is -0.354 e. The van der Waals surface area contributed by atoms with Crippen LogP contribution in [0.15, 0.2) is 24.3 Å². The molecule has 0 aliphatic heterocycles. The molecule has 3 N–H and O–H groups in total. The molecule has 1 aliphatic carbocycles. The SMILES string of the molecule is Cc1ccc(C(C)CNC(=O)C2(N)CCCC2)cc1.Cl. The molecule has 2 rings (SSSR count). The molecule has 0 spiro atoms. The average molecular weight is 297 g/mol. The van der Waals surface area contributed by atoms with Crippen LogP contribution in [0.3, 0.4) is 0 Å². The Morgan fingerprint density at radius 2 is 1.85 bits per heavy atom. The monoisotopic (exact) mass is 296 g/mol. The van der Waals surface area contributed by atoms with Gasteiger partial charge in [0, 0.05) is 6.54 Å². The van der Waals surface area contributed by atoms with Gasteiger partial charge in [-0.25, -0.2) is 0 Å². The number of rotatable bonds is 4. The van der Waals surface area contributed by atoms with Gasteiger partial charge in [-0.05, 0) is 31.2 Å². The van der Waals surface area contributed by atoms with Crippen molar-refractivity contribution >= 4 is 18.3 Å². The second-order valence-electron chi connectivity index (χ2n) is 5.89. The fourth-order valence-electron chi connectivity index (χ4n) is 2.67. The van der Waals surface area contributed by atoms with Gasteiger partial charge in [-0.1, -0.05) is 49.6 Å². The number of hydrogen-bond acceptors (Lipinski definition) is 2. The lowest BCUT2D eigenvalue weighted by atomic mass is 9.96. The second-order valence-corrected chi connectivity index (χ2v) is 5.89. The Kier molecular flexibility index (Phi) is 6.03. The molecule has 0 saturated heterocycles. The highest BCUT2D eigenvalue weighted by molar-refractivity contribution is 5.86. The molecule has 0 aromatic heterocycles. The normalized spacial score (nSPS) is 18.1. The number of halogens is 1. The Morgan fingerprint density at radius 1 is 1.30 bits per heavy atom. The summed E-state index contributed by atoms with van der Waals surface area (Å²) in [5.41, 5.74) is 8.03. The molecule has 1 aromatic rings. The first-order valence-electron chi connectivity index (χ1n) is 7.15. The number of carbonyl (C=O) groups excluding carboxylic acids is 1. The smallest absolute Gasteiger partial charge is 0.240 e. The van der Waals surface area contributed by atoms with Crippen molar-refractivity contribution in [1.29, 1.82) is 0 Å². The van der Waals surface area contributed by atoms with E-state index in [-0.39, 0.29) is 18.3 Å². The van der Waals surface area contributed by atoms with E-state index < -0.39 is 5.54 Å². The molecule has 1 aliphatic rings. The van der Waals surface area contributed by atoms with Gasteiger partial charge >= 0.3 is 0 Å². The molecule has 3 nitrogen and oxygen atoms in total. The summed E-state index contributed by atoms with van der Waals surface area (Å²) in [7, 11) is 0. The second kappa shape index (κ2) is 7.09. The van der Waals surface area contributed by atoms with Crippen molar-refractivity contribution in [1.82, 2.24) is 5.32 Å². The van der Waals surface area contributed by atoms with Crippen LogP contribution in [0.2, 0.25) is 0 Å². The number of nitrogens with one attached hydrogen (secondary N) is 1. The zero-order valence-corrected chi connectivity index (χ0v) is 13.1. The first-order valence-corrected chi connectivity index (χ1v) is 7.15. The zero-order valence-electron chi connectivity index (χ0n) is 12.3. The molecule has 112 valence electrons. The van der Waals surface area contributed by atoms with E-state index in [9.17, 15) is 4.79 Å². The average Bonchev–Trinajstić information content (AvgIpc) is 2.84. The topological polar surface area (TPSA) is 55.1 Å². The van der Waals surface area contributed by atoms with E-state index >= 15 is 0 Å². The number of amides is 1. The lowest BCUT2D eigenvalue weighted by molar-refractivity contribution is -0.126. The molecule has 4 heteroatoms. The Hall–Kier alpha value is -1.06. The molecule has 0 radical (unpaired) electrons. The summed E-state index contributed by atoms with van der Waals surface area (Å²) in [5.74, 6) is 0.332. The zero-order chi connectivity index (χ0) is 13.9. The first-order chi connectivity index (χ1) is 9.01. The minimum absolute atomic E-state index is 0. The quantitative estimate of drug-likeness (QED) is 0.897. The number of carbonyl (C=O) groups is 1. The molecule has 1 unspecified atom stereocenters. The van der Waals surface area contributed by atoms with Crippen LogP contribution in [0.1, 0.15) is 49.7 Å². The molecule has 0 bridgehead atoms. The van der Waals surface area contributed by atoms with Gasteiger partial charge in [-0.3, -0.25) is 4.79 Å². The minimum atomic E-state index is -0.618. The molecule has 1 fully saturated rings. The maximum absolute atomic E-state index is 12.1. The Balaban J connectivity index is 0.00000200. The summed E-state index contributed by atoms with van der Waals surface area (Å²) >= 11 is 0. The summed E-state index contributed by atoms with van der Waals surface area (Å²) in [4.78, 5) is 12.1. The van der Waals surface area contributed by atoms with Crippen LogP contribution in [0.5, 0.6) is 0 Å². The Morgan fingerprint density at radius 3 is 2.40 bits per heavy atom. The van der Waals surface area contributed by atoms with Gasteiger partial charge < -0.3 is 11.1 Å². The lowest BCUT2D eigenvalue weighted by Gasteiger charge is -2.23. The van der Waals surface area contributed by atoms with Gasteiger partial charge in [0.05, 0.1) is 5.54 Å². The molecule has 0 heterocycles. The molecule has 1 atom stereocenters. The van der Waals surface area contributed by atoms with Gasteiger partial charge in [0.2, 0.25) is 5.91 Å². The predicted molar refractivity (Wildman–Crippen MR) is 85.2 cm³/mol. The lowest BCUT2D eigenvalue weighted by Crippen LogP contribution is -2.52. The largest absolute Gasteiger partial charge is 0.354 e. The van der Waals surface area contributed by atoms with Crippen molar-refractivity contribution in [3.8, 4) is 0 Å². The van der Waals surface area contributed by atoms with E-state index in [2.05, 4.69) is 43.4 Å². The van der Waals surface area contributed by atoms with Crippen molar-refractivity contribution in [2.75, 3.05) is 6.54 Å². The van der Waals surface area contributed by atoms with E-state index in [1.807, 2.05) is 0 Å². The molecule has 20 heavy (non-hydrogen) atoms. The number of nitrogens with two attached hydrogens (primary N) is 1. The highest BCUT2D eigenvalue weighted by atomic mass is 35.5. The Labute approximate surface area is 127 Å². The van der Waals surface area contributed by atoms with Crippen LogP contribution >= 0.6 is 12.4 Å². The molecule has 1 aromatic carbocycles. The van der Waals surface area contributed by atoms with Gasteiger partial charge in [0.25, 0.3) is 0 Å². The maximum Gasteiger partial charge on any atom is 0.240 e. The highest BCUT2D eigenvalue weighted by Crippen LogP contribution is 2.27. The van der Waals surface area contributed by atoms with E-state index in [1.54, 1.807) is 0 Å². The van der Waals surface area contributed by atoms with Crippen molar-refractivity contribution in [2.45, 2.75) is 51.0 Å². The summed E-state index contributed by atoms with van der Waals surface area (Å²) in [5, 5.41) is 3.01. The van der Waals surface area contributed by atoms with E-state index in [0.717, 1.165) is 25.7 Å². The van der Waals surface area contributed by atoms with E-state index in [0.29, 0.717) is 12.5 Å². The van der Waals surface area contributed by atoms with Crippen molar-refractivity contribution in [3.05, 3.63) is 35.4 Å². The van der Waals surface area contributed by atoms with Crippen LogP contribution in [0.4, 0.5) is 0 Å². The fraction of sp³-hybridized carbons (Fsp3) is 0.562. The summed E-state index contributed by atoms with van der Waals surface area (Å²) in [6, 6.07) is 8.46. The number of benzene rings is 1. The van der Waals surface area contributed by atoms with Crippen LogP contribution < -0.4 is 11.1 Å². The van der Waals surface area contributed by atoms with Crippen LogP contribution in [0.25, 0.3) is 0 Å². The van der Waals surface area contributed by atoms with Crippen LogP contribution in [-0.2, 0) is 4.79 Å². The number of hydrogen-bond donors (Lipinski definition) is 2. The predicted octanol–water partition coefficient (Wildman–Crippen LogP) is 2.91. The summed E-state index contributed by atoms with van der Waals surface area (Å²) in [6.45, 7) is 4.86. The van der Waals surface area contributed by atoms with E-state index in [1.165, 1.54) is 11.1 Å². The van der Waals surface area contributed by atoms with Gasteiger partial charge in [-0.2, -0.15) is 0 Å². The third-order valence-electron chi connectivity index (χ3n) is 4.16. The molecule has 1 saturated carbocycles. The van der Waals surface area contributed by atoms with Gasteiger partial charge in [0.1, 0.15) is 0 Å². The van der Waals surface area contributed by atoms with Crippen molar-refractivity contribution in [3.63, 3.8) is 0 Å². The maximum atomic E-state index is 12.1. The standard InChI is InChI=1S/C16H24N2O.ClH/c1-12-5-7-14(8-6-12)13(2)11-18-15(19)16(17)9-3-4-10-16;/h5-8,13H,3-4,9-11,17H2,1-2H3,(H,18,19);1H. The summed E-state index contributed by atoms with van der Waals surface area (Å²) in [6.07, 6.45) is 3.77. The van der Waals surface area contributed by atoms with Crippen LogP contribution in [0, 0.1) is 6.92 Å². The van der Waals surface area contributed by atoms with Gasteiger partial charge in [-0.15, -0.1) is 12.4 Å². The van der Waals surface area contributed by atoms with Crippen molar-refractivity contribution in [2.24, 2.45) is 5.73 Å². The number of aryl methyl sites for hydroxylation is 1. The van der Waals surface area contributed by atoms with E-state index in [4.69, 9.17) is 5.73 Å². The summed E-state index contributed by atoms with van der Waals surface area (Å²) < 4.78 is 0. The van der Waals surface area contributed by atoms with Crippen molar-refractivity contribution < 1.29 is 4.79 Å². The highest BCUT2D eigenvalue weighted by Gasteiger charge is 2.36. The third kappa shape index (κ3) is 3.97. The first kappa shape index (κ1) is 17.0. The third-order valence-corrected chi connectivity index (χ3v) is 4.16. The van der Waals surface area contributed by atoms with Gasteiger partial charge in [0.15, 0.2) is 0 Å². The fourth-order valence-corrected chi connectivity index (χ4v) is 2.67. The molecular formula is C16H25ClN2O. The van der Waals surface area contributed by atoms with Crippen LogP contribution in [-0.4, -0.2) is 18.0 Å². The molecule has 1 amide bonds. The Bertz CT molecular complexity index is 438. The molecular weight excluding hydrogens is 272 g/mol.